The summed E-state index contributed by atoms with van der Waals surface area (Å²) in [4.78, 5) is 26.6. The Balaban J connectivity index is 1.49. The van der Waals surface area contributed by atoms with Crippen molar-refractivity contribution in [1.29, 1.82) is 0 Å². The van der Waals surface area contributed by atoms with Crippen molar-refractivity contribution >= 4 is 23.2 Å². The van der Waals surface area contributed by atoms with E-state index < -0.39 is 23.7 Å². The minimum absolute atomic E-state index is 0.0424. The molecule has 0 aromatic heterocycles. The highest BCUT2D eigenvalue weighted by Crippen LogP contribution is 2.43. The van der Waals surface area contributed by atoms with E-state index in [1.54, 1.807) is 24.3 Å². The SMILES string of the molecule is CC1CCN(C(=O)c2ccc(N=N[C@@H]3C(=O)Nc4c3cccc4C(F)(F)F)cc2)CC1. The van der Waals surface area contributed by atoms with Gasteiger partial charge in [0, 0.05) is 24.2 Å². The minimum Gasteiger partial charge on any atom is -0.339 e. The Hall–Kier alpha value is -3.23. The quantitative estimate of drug-likeness (QED) is 0.666. The molecular formula is C22H21F3N4O2. The van der Waals surface area contributed by atoms with E-state index in [-0.39, 0.29) is 17.2 Å². The highest BCUT2D eigenvalue weighted by Gasteiger charge is 2.40. The number of alkyl halides is 3. The van der Waals surface area contributed by atoms with Crippen LogP contribution in [0.3, 0.4) is 0 Å². The summed E-state index contributed by atoms with van der Waals surface area (Å²) in [5.41, 5.74) is -0.120. The van der Waals surface area contributed by atoms with Crippen LogP contribution in [0.25, 0.3) is 0 Å². The molecule has 6 nitrogen and oxygen atoms in total. The molecule has 0 aliphatic carbocycles. The first-order chi connectivity index (χ1) is 14.7. The van der Waals surface area contributed by atoms with E-state index in [1.165, 1.54) is 12.1 Å². The van der Waals surface area contributed by atoms with Crippen molar-refractivity contribution in [3.8, 4) is 0 Å². The molecule has 162 valence electrons. The van der Waals surface area contributed by atoms with Crippen LogP contribution < -0.4 is 5.32 Å². The van der Waals surface area contributed by atoms with Gasteiger partial charge in [0.1, 0.15) is 0 Å². The number of likely N-dealkylation sites (tertiary alicyclic amines) is 1. The van der Waals surface area contributed by atoms with Crippen molar-refractivity contribution in [1.82, 2.24) is 4.90 Å². The van der Waals surface area contributed by atoms with Crippen molar-refractivity contribution in [3.63, 3.8) is 0 Å². The number of nitrogens with one attached hydrogen (secondary N) is 1. The van der Waals surface area contributed by atoms with Crippen LogP contribution in [0.2, 0.25) is 0 Å². The molecule has 1 atom stereocenters. The van der Waals surface area contributed by atoms with E-state index >= 15 is 0 Å². The first-order valence-corrected chi connectivity index (χ1v) is 10.0. The zero-order valence-electron chi connectivity index (χ0n) is 16.8. The molecule has 0 radical (unpaired) electrons. The van der Waals surface area contributed by atoms with Crippen LogP contribution in [0.1, 0.15) is 47.3 Å². The van der Waals surface area contributed by atoms with Crippen molar-refractivity contribution in [2.45, 2.75) is 32.0 Å². The van der Waals surface area contributed by atoms with Gasteiger partial charge in [0.2, 0.25) is 0 Å². The molecule has 1 fully saturated rings. The smallest absolute Gasteiger partial charge is 0.339 e. The van der Waals surface area contributed by atoms with Gasteiger partial charge < -0.3 is 10.2 Å². The molecule has 2 aliphatic heterocycles. The van der Waals surface area contributed by atoms with Gasteiger partial charge in [-0.2, -0.15) is 23.4 Å². The number of piperidine rings is 1. The van der Waals surface area contributed by atoms with Gasteiger partial charge in [-0.15, -0.1) is 0 Å². The fraction of sp³-hybridized carbons (Fsp3) is 0.364. The zero-order valence-corrected chi connectivity index (χ0v) is 16.8. The normalized spacial score (nSPS) is 19.5. The fourth-order valence-corrected chi connectivity index (χ4v) is 3.81. The first-order valence-electron chi connectivity index (χ1n) is 10.0. The standard InChI is InChI=1S/C22H21F3N4O2/c1-13-9-11-29(12-10-13)21(31)14-5-7-15(8-6-14)27-28-19-16-3-2-4-17(22(23,24)25)18(16)26-20(19)30/h2-8,13,19H,9-12H2,1H3,(H,26,30)/t19-/m0/s1. The molecule has 2 aliphatic rings. The third kappa shape index (κ3) is 4.30. The van der Waals surface area contributed by atoms with E-state index in [2.05, 4.69) is 22.5 Å². The van der Waals surface area contributed by atoms with E-state index in [0.717, 1.165) is 32.0 Å². The number of amides is 2. The van der Waals surface area contributed by atoms with E-state index in [9.17, 15) is 22.8 Å². The summed E-state index contributed by atoms with van der Waals surface area (Å²) in [6, 6.07) is 8.90. The number of azo groups is 1. The Morgan fingerprint density at radius 3 is 2.42 bits per heavy atom. The summed E-state index contributed by atoms with van der Waals surface area (Å²) in [5, 5.41) is 10.2. The third-order valence-electron chi connectivity index (χ3n) is 5.67. The molecule has 4 rings (SSSR count). The van der Waals surface area contributed by atoms with Crippen LogP contribution in [-0.2, 0) is 11.0 Å². The third-order valence-corrected chi connectivity index (χ3v) is 5.67. The van der Waals surface area contributed by atoms with Gasteiger partial charge in [0.25, 0.3) is 11.8 Å². The molecule has 1 saturated heterocycles. The second kappa shape index (κ2) is 8.13. The average molecular weight is 430 g/mol. The maximum atomic E-state index is 13.2. The molecule has 9 heteroatoms. The van der Waals surface area contributed by atoms with Crippen molar-refractivity contribution in [3.05, 3.63) is 59.2 Å². The van der Waals surface area contributed by atoms with E-state index in [4.69, 9.17) is 0 Å². The molecule has 2 aromatic rings. The summed E-state index contributed by atoms with van der Waals surface area (Å²) < 4.78 is 39.5. The summed E-state index contributed by atoms with van der Waals surface area (Å²) in [6.07, 6.45) is -2.61. The number of nitrogens with zero attached hydrogens (tertiary/aromatic N) is 3. The minimum atomic E-state index is -4.58. The summed E-state index contributed by atoms with van der Waals surface area (Å²) in [5.74, 6) is -0.0855. The van der Waals surface area contributed by atoms with Gasteiger partial charge in [-0.3, -0.25) is 9.59 Å². The molecule has 0 bridgehead atoms. The Morgan fingerprint density at radius 1 is 1.10 bits per heavy atom. The molecule has 0 unspecified atom stereocenters. The van der Waals surface area contributed by atoms with Crippen LogP contribution in [0.15, 0.2) is 52.7 Å². The highest BCUT2D eigenvalue weighted by molar-refractivity contribution is 6.03. The molecule has 31 heavy (non-hydrogen) atoms. The van der Waals surface area contributed by atoms with Crippen LogP contribution >= 0.6 is 0 Å². The number of carbonyl (C=O) groups is 2. The van der Waals surface area contributed by atoms with Gasteiger partial charge in [0.05, 0.1) is 16.9 Å². The number of hydrogen-bond donors (Lipinski definition) is 1. The second-order valence-corrected chi connectivity index (χ2v) is 7.90. The molecule has 1 N–H and O–H groups in total. The van der Waals surface area contributed by atoms with Gasteiger partial charge >= 0.3 is 6.18 Å². The molecular weight excluding hydrogens is 409 g/mol. The van der Waals surface area contributed by atoms with Crippen LogP contribution in [0.5, 0.6) is 0 Å². The number of hydrogen-bond acceptors (Lipinski definition) is 4. The highest BCUT2D eigenvalue weighted by atomic mass is 19.4. The number of fused-ring (bicyclic) bond motifs is 1. The maximum Gasteiger partial charge on any atom is 0.418 e. The first kappa shape index (κ1) is 21.0. The molecule has 2 aromatic carbocycles. The lowest BCUT2D eigenvalue weighted by atomic mass is 9.98. The predicted octanol–water partition coefficient (Wildman–Crippen LogP) is 5.35. The van der Waals surface area contributed by atoms with E-state index in [0.29, 0.717) is 17.2 Å². The molecule has 0 saturated carbocycles. The Morgan fingerprint density at radius 2 is 1.77 bits per heavy atom. The number of carbonyl (C=O) groups excluding carboxylic acids is 2. The lowest BCUT2D eigenvalue weighted by molar-refractivity contribution is -0.136. The monoisotopic (exact) mass is 430 g/mol. The fourth-order valence-electron chi connectivity index (χ4n) is 3.81. The van der Waals surface area contributed by atoms with Crippen LogP contribution in [0.4, 0.5) is 24.5 Å². The van der Waals surface area contributed by atoms with E-state index in [1.807, 2.05) is 4.90 Å². The summed E-state index contributed by atoms with van der Waals surface area (Å²) in [6.45, 7) is 3.64. The Labute approximate surface area is 177 Å². The average Bonchev–Trinajstić information content (AvgIpc) is 3.07. The number of benzene rings is 2. The van der Waals surface area contributed by atoms with Crippen molar-refractivity contribution < 1.29 is 22.8 Å². The number of rotatable bonds is 3. The number of para-hydroxylation sites is 1. The van der Waals surface area contributed by atoms with Crippen LogP contribution in [0, 0.1) is 5.92 Å². The number of halogens is 3. The van der Waals surface area contributed by atoms with Gasteiger partial charge in [0.15, 0.2) is 6.04 Å². The van der Waals surface area contributed by atoms with Gasteiger partial charge in [-0.05, 0) is 49.1 Å². The second-order valence-electron chi connectivity index (χ2n) is 7.90. The molecule has 2 heterocycles. The Bertz CT molecular complexity index is 1030. The van der Waals surface area contributed by atoms with Gasteiger partial charge in [-0.1, -0.05) is 19.1 Å². The topological polar surface area (TPSA) is 74.1 Å². The predicted molar refractivity (Wildman–Crippen MR) is 108 cm³/mol. The van der Waals surface area contributed by atoms with Crippen LogP contribution in [-0.4, -0.2) is 29.8 Å². The molecule has 0 spiro atoms. The van der Waals surface area contributed by atoms with Crippen molar-refractivity contribution in [2.75, 3.05) is 18.4 Å². The van der Waals surface area contributed by atoms with Gasteiger partial charge in [-0.25, -0.2) is 0 Å². The maximum absolute atomic E-state index is 13.2. The largest absolute Gasteiger partial charge is 0.418 e. The lowest BCUT2D eigenvalue weighted by Crippen LogP contribution is -2.37. The summed E-state index contributed by atoms with van der Waals surface area (Å²) >= 11 is 0. The lowest BCUT2D eigenvalue weighted by Gasteiger charge is -2.30. The Kier molecular flexibility index (Phi) is 5.51. The number of anilines is 1. The summed E-state index contributed by atoms with van der Waals surface area (Å²) in [7, 11) is 0. The molecule has 2 amide bonds. The zero-order chi connectivity index (χ0) is 22.2. The van der Waals surface area contributed by atoms with Crippen molar-refractivity contribution in [2.24, 2.45) is 16.1 Å².